The van der Waals surface area contributed by atoms with E-state index in [9.17, 15) is 9.18 Å². The van der Waals surface area contributed by atoms with Gasteiger partial charge in [0.15, 0.2) is 5.82 Å². The Kier molecular flexibility index (Phi) is 4.62. The SMILES string of the molecule is Cc1cccc(C(=O)Nc2ccn(Cc3ccc(F)cc3Cl)n2)c1. The Balaban J connectivity index is 1.70. The third-order valence-corrected chi connectivity index (χ3v) is 3.86. The number of hydrogen-bond donors (Lipinski definition) is 1. The van der Waals surface area contributed by atoms with Gasteiger partial charge in [0.25, 0.3) is 5.91 Å². The second-order valence-electron chi connectivity index (χ2n) is 5.46. The number of anilines is 1. The summed E-state index contributed by atoms with van der Waals surface area (Å²) in [5.41, 5.74) is 2.34. The molecule has 0 aliphatic rings. The van der Waals surface area contributed by atoms with E-state index in [2.05, 4.69) is 10.4 Å². The molecular formula is C18H15ClFN3O. The predicted molar refractivity (Wildman–Crippen MR) is 91.9 cm³/mol. The average molecular weight is 344 g/mol. The van der Waals surface area contributed by atoms with Gasteiger partial charge < -0.3 is 5.32 Å². The monoisotopic (exact) mass is 343 g/mol. The molecule has 0 aliphatic heterocycles. The first kappa shape index (κ1) is 16.2. The van der Waals surface area contributed by atoms with Crippen molar-refractivity contribution in [2.75, 3.05) is 5.32 Å². The maximum atomic E-state index is 13.1. The summed E-state index contributed by atoms with van der Waals surface area (Å²) in [6, 6.07) is 13.3. The molecule has 1 aromatic heterocycles. The topological polar surface area (TPSA) is 46.9 Å². The number of aryl methyl sites for hydroxylation is 1. The van der Waals surface area contributed by atoms with Crippen LogP contribution >= 0.6 is 11.6 Å². The Morgan fingerprint density at radius 2 is 2.08 bits per heavy atom. The summed E-state index contributed by atoms with van der Waals surface area (Å²) >= 11 is 6.01. The van der Waals surface area contributed by atoms with Crippen molar-refractivity contribution < 1.29 is 9.18 Å². The van der Waals surface area contributed by atoms with E-state index < -0.39 is 0 Å². The molecule has 3 rings (SSSR count). The van der Waals surface area contributed by atoms with E-state index in [0.29, 0.717) is 22.9 Å². The van der Waals surface area contributed by atoms with Gasteiger partial charge in [0.2, 0.25) is 0 Å². The summed E-state index contributed by atoms with van der Waals surface area (Å²) in [7, 11) is 0. The fraction of sp³-hybridized carbons (Fsp3) is 0.111. The Labute approximate surface area is 143 Å². The zero-order chi connectivity index (χ0) is 17.1. The minimum Gasteiger partial charge on any atom is -0.305 e. The van der Waals surface area contributed by atoms with Crippen molar-refractivity contribution in [3.63, 3.8) is 0 Å². The number of carbonyl (C=O) groups is 1. The molecule has 1 N–H and O–H groups in total. The fourth-order valence-electron chi connectivity index (χ4n) is 2.32. The molecule has 24 heavy (non-hydrogen) atoms. The first-order valence-corrected chi connectivity index (χ1v) is 7.74. The van der Waals surface area contributed by atoms with Crippen molar-refractivity contribution in [2.45, 2.75) is 13.5 Å². The average Bonchev–Trinajstić information content (AvgIpc) is 2.97. The Hall–Kier alpha value is -2.66. The lowest BCUT2D eigenvalue weighted by molar-refractivity contribution is 0.102. The number of nitrogens with zero attached hydrogens (tertiary/aromatic N) is 2. The number of carbonyl (C=O) groups excluding carboxylic acids is 1. The van der Waals surface area contributed by atoms with E-state index >= 15 is 0 Å². The molecule has 3 aromatic rings. The Morgan fingerprint density at radius 1 is 1.25 bits per heavy atom. The fourth-order valence-corrected chi connectivity index (χ4v) is 2.54. The third-order valence-electron chi connectivity index (χ3n) is 3.51. The molecule has 0 saturated carbocycles. The highest BCUT2D eigenvalue weighted by atomic mass is 35.5. The molecule has 2 aromatic carbocycles. The van der Waals surface area contributed by atoms with E-state index in [0.717, 1.165) is 11.1 Å². The summed E-state index contributed by atoms with van der Waals surface area (Å²) in [5, 5.41) is 7.38. The van der Waals surface area contributed by atoms with Gasteiger partial charge in [-0.15, -0.1) is 0 Å². The van der Waals surface area contributed by atoms with E-state index in [1.165, 1.54) is 12.1 Å². The van der Waals surface area contributed by atoms with Gasteiger partial charge in [0.1, 0.15) is 5.82 Å². The summed E-state index contributed by atoms with van der Waals surface area (Å²) in [4.78, 5) is 12.2. The normalized spacial score (nSPS) is 10.6. The molecule has 0 aliphatic carbocycles. The number of nitrogens with one attached hydrogen (secondary N) is 1. The predicted octanol–water partition coefficient (Wildman–Crippen LogP) is 4.28. The van der Waals surface area contributed by atoms with Crippen LogP contribution in [0.4, 0.5) is 10.2 Å². The summed E-state index contributed by atoms with van der Waals surface area (Å²) in [6.45, 7) is 2.32. The van der Waals surface area contributed by atoms with Crippen LogP contribution in [0.5, 0.6) is 0 Å². The van der Waals surface area contributed by atoms with E-state index in [4.69, 9.17) is 11.6 Å². The molecule has 4 nitrogen and oxygen atoms in total. The molecule has 0 saturated heterocycles. The molecule has 0 atom stereocenters. The standard InChI is InChI=1S/C18H15ClFN3O/c1-12-3-2-4-13(9-12)18(24)21-17-7-8-23(22-17)11-14-5-6-15(20)10-16(14)19/h2-10H,11H2,1H3,(H,21,22,24). The van der Waals surface area contributed by atoms with Crippen LogP contribution in [-0.4, -0.2) is 15.7 Å². The lowest BCUT2D eigenvalue weighted by Crippen LogP contribution is -2.13. The molecule has 1 heterocycles. The highest BCUT2D eigenvalue weighted by molar-refractivity contribution is 6.31. The molecule has 1 amide bonds. The molecule has 0 fully saturated rings. The van der Waals surface area contributed by atoms with Crippen molar-refractivity contribution in [1.29, 1.82) is 0 Å². The molecule has 0 bridgehead atoms. The van der Waals surface area contributed by atoms with E-state index in [-0.39, 0.29) is 11.7 Å². The largest absolute Gasteiger partial charge is 0.305 e. The van der Waals surface area contributed by atoms with E-state index in [1.807, 2.05) is 25.1 Å². The van der Waals surface area contributed by atoms with Crippen LogP contribution in [0, 0.1) is 12.7 Å². The van der Waals surface area contributed by atoms with Crippen LogP contribution in [0.1, 0.15) is 21.5 Å². The second-order valence-corrected chi connectivity index (χ2v) is 5.87. The smallest absolute Gasteiger partial charge is 0.256 e. The molecule has 0 unspecified atom stereocenters. The minimum atomic E-state index is -0.379. The van der Waals surface area contributed by atoms with Crippen molar-refractivity contribution in [2.24, 2.45) is 0 Å². The van der Waals surface area contributed by atoms with Crippen LogP contribution in [0.3, 0.4) is 0 Å². The first-order chi connectivity index (χ1) is 11.5. The molecule has 6 heteroatoms. The highest BCUT2D eigenvalue weighted by Crippen LogP contribution is 2.18. The number of benzene rings is 2. The van der Waals surface area contributed by atoms with Gasteiger partial charge in [-0.2, -0.15) is 5.10 Å². The number of halogens is 2. The zero-order valence-corrected chi connectivity index (χ0v) is 13.7. The maximum absolute atomic E-state index is 13.1. The third kappa shape index (κ3) is 3.81. The van der Waals surface area contributed by atoms with Gasteiger partial charge in [0.05, 0.1) is 6.54 Å². The summed E-state index contributed by atoms with van der Waals surface area (Å²) in [6.07, 6.45) is 1.73. The Bertz CT molecular complexity index is 891. The lowest BCUT2D eigenvalue weighted by atomic mass is 10.1. The molecule has 0 radical (unpaired) electrons. The van der Waals surface area contributed by atoms with Crippen molar-refractivity contribution in [1.82, 2.24) is 9.78 Å². The number of amides is 1. The van der Waals surface area contributed by atoms with Crippen LogP contribution < -0.4 is 5.32 Å². The number of aromatic nitrogens is 2. The number of rotatable bonds is 4. The summed E-state index contributed by atoms with van der Waals surface area (Å²) < 4.78 is 14.7. The zero-order valence-electron chi connectivity index (χ0n) is 13.0. The molecule has 0 spiro atoms. The van der Waals surface area contributed by atoms with Gasteiger partial charge >= 0.3 is 0 Å². The second kappa shape index (κ2) is 6.84. The van der Waals surface area contributed by atoms with Gasteiger partial charge in [-0.1, -0.05) is 35.4 Å². The van der Waals surface area contributed by atoms with Crippen molar-refractivity contribution >= 4 is 23.3 Å². The number of hydrogen-bond acceptors (Lipinski definition) is 2. The van der Waals surface area contributed by atoms with E-state index in [1.54, 1.807) is 29.1 Å². The summed E-state index contributed by atoms with van der Waals surface area (Å²) in [5.74, 6) is -0.154. The van der Waals surface area contributed by atoms with Crippen LogP contribution in [-0.2, 0) is 6.54 Å². The first-order valence-electron chi connectivity index (χ1n) is 7.37. The van der Waals surface area contributed by atoms with Crippen LogP contribution in [0.15, 0.2) is 54.7 Å². The minimum absolute atomic E-state index is 0.219. The maximum Gasteiger partial charge on any atom is 0.256 e. The molecule has 122 valence electrons. The van der Waals surface area contributed by atoms with Crippen molar-refractivity contribution in [3.05, 3.63) is 82.3 Å². The van der Waals surface area contributed by atoms with Crippen LogP contribution in [0.2, 0.25) is 5.02 Å². The Morgan fingerprint density at radius 3 is 2.83 bits per heavy atom. The van der Waals surface area contributed by atoms with Gasteiger partial charge in [0, 0.05) is 22.8 Å². The quantitative estimate of drug-likeness (QED) is 0.768. The highest BCUT2D eigenvalue weighted by Gasteiger charge is 2.09. The molecular weight excluding hydrogens is 329 g/mol. The van der Waals surface area contributed by atoms with Crippen molar-refractivity contribution in [3.8, 4) is 0 Å². The van der Waals surface area contributed by atoms with Gasteiger partial charge in [-0.05, 0) is 36.8 Å². The van der Waals surface area contributed by atoms with Crippen LogP contribution in [0.25, 0.3) is 0 Å². The van der Waals surface area contributed by atoms with Gasteiger partial charge in [-0.25, -0.2) is 4.39 Å². The lowest BCUT2D eigenvalue weighted by Gasteiger charge is -2.05. The van der Waals surface area contributed by atoms with Gasteiger partial charge in [-0.3, -0.25) is 9.48 Å².